The molecule has 2 N–H and O–H groups in total. The van der Waals surface area contributed by atoms with E-state index in [1.165, 1.54) is 0 Å². The summed E-state index contributed by atoms with van der Waals surface area (Å²) in [5.41, 5.74) is 0. The van der Waals surface area contributed by atoms with Crippen molar-refractivity contribution in [1.82, 2.24) is 5.32 Å². The zero-order valence-corrected chi connectivity index (χ0v) is 9.67. The van der Waals surface area contributed by atoms with E-state index < -0.39 is 0 Å². The molecule has 0 saturated heterocycles. The second-order valence-corrected chi connectivity index (χ2v) is 4.39. The summed E-state index contributed by atoms with van der Waals surface area (Å²) in [4.78, 5) is 0. The lowest BCUT2D eigenvalue weighted by Crippen LogP contribution is -2.39. The normalized spacial score (nSPS) is 18.7. The van der Waals surface area contributed by atoms with Crippen LogP contribution in [0.15, 0.2) is 0 Å². The molecule has 13 heavy (non-hydrogen) atoms. The molecule has 0 aliphatic heterocycles. The summed E-state index contributed by atoms with van der Waals surface area (Å²) in [6, 6.07) is 0.485. The average molecular weight is 187 g/mol. The molecule has 0 aromatic heterocycles. The van der Waals surface area contributed by atoms with Crippen LogP contribution in [0.5, 0.6) is 0 Å². The van der Waals surface area contributed by atoms with E-state index >= 15 is 0 Å². The molecule has 3 atom stereocenters. The summed E-state index contributed by atoms with van der Waals surface area (Å²) in [7, 11) is 0. The van der Waals surface area contributed by atoms with Crippen molar-refractivity contribution >= 4 is 0 Å². The van der Waals surface area contributed by atoms with Crippen LogP contribution in [0.4, 0.5) is 0 Å². The Morgan fingerprint density at radius 2 is 1.69 bits per heavy atom. The Labute approximate surface area is 82.7 Å². The number of hydrogen-bond acceptors (Lipinski definition) is 2. The van der Waals surface area contributed by atoms with Crippen LogP contribution >= 0.6 is 0 Å². The van der Waals surface area contributed by atoms with Gasteiger partial charge in [0.2, 0.25) is 0 Å². The molecule has 2 nitrogen and oxygen atoms in total. The third-order valence-corrected chi connectivity index (χ3v) is 2.95. The van der Waals surface area contributed by atoms with Crippen LogP contribution in [0.3, 0.4) is 0 Å². The lowest BCUT2D eigenvalue weighted by atomic mass is 10.0. The first-order valence-corrected chi connectivity index (χ1v) is 5.40. The molecule has 0 heterocycles. The molecule has 0 aromatic carbocycles. The topological polar surface area (TPSA) is 32.3 Å². The van der Waals surface area contributed by atoms with Crippen molar-refractivity contribution in [2.24, 2.45) is 11.8 Å². The van der Waals surface area contributed by atoms with Crippen molar-refractivity contribution in [2.45, 2.75) is 53.2 Å². The smallest absolute Gasteiger partial charge is 0.0690 e. The second kappa shape index (κ2) is 6.39. The highest BCUT2D eigenvalue weighted by molar-refractivity contribution is 4.70. The average Bonchev–Trinajstić information content (AvgIpc) is 2.11. The van der Waals surface area contributed by atoms with Crippen LogP contribution in [-0.4, -0.2) is 23.8 Å². The molecule has 0 fully saturated rings. The summed E-state index contributed by atoms with van der Waals surface area (Å²) < 4.78 is 0. The van der Waals surface area contributed by atoms with Crippen LogP contribution in [0.2, 0.25) is 0 Å². The molecule has 0 saturated carbocycles. The number of nitrogens with one attached hydrogen (secondary N) is 1. The third kappa shape index (κ3) is 5.27. The van der Waals surface area contributed by atoms with Crippen LogP contribution < -0.4 is 5.32 Å². The summed E-state index contributed by atoms with van der Waals surface area (Å²) >= 11 is 0. The molecule has 80 valence electrons. The Bertz CT molecular complexity index is 125. The van der Waals surface area contributed by atoms with Crippen molar-refractivity contribution < 1.29 is 5.11 Å². The minimum Gasteiger partial charge on any atom is -0.392 e. The fraction of sp³-hybridized carbons (Fsp3) is 1.00. The van der Waals surface area contributed by atoms with Gasteiger partial charge in [0.1, 0.15) is 0 Å². The standard InChI is InChI=1S/C11H25NO/c1-6-9(4)11(13)7-12-10(5)8(2)3/h8-13H,6-7H2,1-5H3. The molecular formula is C11H25NO. The van der Waals surface area contributed by atoms with Gasteiger partial charge < -0.3 is 10.4 Å². The molecule has 0 aliphatic rings. The molecule has 2 heteroatoms. The van der Waals surface area contributed by atoms with Crippen LogP contribution in [0.1, 0.15) is 41.0 Å². The quantitative estimate of drug-likeness (QED) is 0.667. The molecule has 0 spiro atoms. The molecule has 0 aliphatic carbocycles. The Morgan fingerprint density at radius 3 is 2.08 bits per heavy atom. The maximum Gasteiger partial charge on any atom is 0.0690 e. The van der Waals surface area contributed by atoms with Gasteiger partial charge >= 0.3 is 0 Å². The highest BCUT2D eigenvalue weighted by Gasteiger charge is 2.13. The van der Waals surface area contributed by atoms with Crippen LogP contribution in [0.25, 0.3) is 0 Å². The minimum atomic E-state index is -0.203. The predicted octanol–water partition coefficient (Wildman–Crippen LogP) is 2.03. The predicted molar refractivity (Wildman–Crippen MR) is 57.8 cm³/mol. The lowest BCUT2D eigenvalue weighted by molar-refractivity contribution is 0.108. The van der Waals surface area contributed by atoms with E-state index in [-0.39, 0.29) is 6.10 Å². The minimum absolute atomic E-state index is 0.203. The summed E-state index contributed by atoms with van der Waals surface area (Å²) in [5, 5.41) is 13.0. The molecular weight excluding hydrogens is 162 g/mol. The van der Waals surface area contributed by atoms with Gasteiger partial charge in [-0.2, -0.15) is 0 Å². The fourth-order valence-electron chi connectivity index (χ4n) is 1.02. The van der Waals surface area contributed by atoms with Crippen molar-refractivity contribution in [3.8, 4) is 0 Å². The Hall–Kier alpha value is -0.0800. The van der Waals surface area contributed by atoms with Gasteiger partial charge in [-0.05, 0) is 18.8 Å². The Morgan fingerprint density at radius 1 is 1.15 bits per heavy atom. The van der Waals surface area contributed by atoms with Crippen molar-refractivity contribution in [3.05, 3.63) is 0 Å². The van der Waals surface area contributed by atoms with Gasteiger partial charge in [-0.25, -0.2) is 0 Å². The summed E-state index contributed by atoms with van der Waals surface area (Å²) in [6.07, 6.45) is 0.838. The first-order chi connectivity index (χ1) is 5.99. The maximum atomic E-state index is 9.69. The van der Waals surface area contributed by atoms with Gasteiger partial charge in [-0.15, -0.1) is 0 Å². The molecule has 0 radical (unpaired) electrons. The van der Waals surface area contributed by atoms with Gasteiger partial charge in [0, 0.05) is 12.6 Å². The molecule has 0 rings (SSSR count). The zero-order chi connectivity index (χ0) is 10.4. The molecule has 0 bridgehead atoms. The van der Waals surface area contributed by atoms with Gasteiger partial charge in [0.05, 0.1) is 6.10 Å². The van der Waals surface area contributed by atoms with E-state index in [1.54, 1.807) is 0 Å². The van der Waals surface area contributed by atoms with E-state index in [1.807, 2.05) is 0 Å². The number of aliphatic hydroxyl groups is 1. The van der Waals surface area contributed by atoms with Crippen molar-refractivity contribution in [3.63, 3.8) is 0 Å². The van der Waals surface area contributed by atoms with Gasteiger partial charge in [-0.1, -0.05) is 34.1 Å². The van der Waals surface area contributed by atoms with E-state index in [0.717, 1.165) is 6.42 Å². The number of aliphatic hydroxyl groups excluding tert-OH is 1. The molecule has 0 aromatic rings. The lowest BCUT2D eigenvalue weighted by Gasteiger charge is -2.22. The first kappa shape index (κ1) is 12.9. The van der Waals surface area contributed by atoms with E-state index in [0.29, 0.717) is 24.4 Å². The number of hydrogen-bond donors (Lipinski definition) is 2. The SMILES string of the molecule is CCC(C)C(O)CNC(C)C(C)C. The third-order valence-electron chi connectivity index (χ3n) is 2.95. The van der Waals surface area contributed by atoms with Gasteiger partial charge in [0.25, 0.3) is 0 Å². The maximum absolute atomic E-state index is 9.69. The van der Waals surface area contributed by atoms with Crippen molar-refractivity contribution in [2.75, 3.05) is 6.54 Å². The Kier molecular flexibility index (Phi) is 6.35. The monoisotopic (exact) mass is 187 g/mol. The van der Waals surface area contributed by atoms with E-state index in [4.69, 9.17) is 0 Å². The second-order valence-electron chi connectivity index (χ2n) is 4.39. The van der Waals surface area contributed by atoms with Gasteiger partial charge in [0.15, 0.2) is 0 Å². The molecule has 3 unspecified atom stereocenters. The Balaban J connectivity index is 3.63. The summed E-state index contributed by atoms with van der Waals surface area (Å²) in [5.74, 6) is 1.02. The largest absolute Gasteiger partial charge is 0.392 e. The van der Waals surface area contributed by atoms with Crippen LogP contribution in [0, 0.1) is 11.8 Å². The van der Waals surface area contributed by atoms with Crippen LogP contribution in [-0.2, 0) is 0 Å². The summed E-state index contributed by atoms with van der Waals surface area (Å²) in [6.45, 7) is 11.5. The highest BCUT2D eigenvalue weighted by Crippen LogP contribution is 2.07. The highest BCUT2D eigenvalue weighted by atomic mass is 16.3. The number of rotatable bonds is 6. The molecule has 0 amide bonds. The van der Waals surface area contributed by atoms with Gasteiger partial charge in [-0.3, -0.25) is 0 Å². The fourth-order valence-corrected chi connectivity index (χ4v) is 1.02. The van der Waals surface area contributed by atoms with E-state index in [2.05, 4.69) is 39.9 Å². The van der Waals surface area contributed by atoms with E-state index in [9.17, 15) is 5.11 Å². The first-order valence-electron chi connectivity index (χ1n) is 5.40. The van der Waals surface area contributed by atoms with Crippen molar-refractivity contribution in [1.29, 1.82) is 0 Å². The zero-order valence-electron chi connectivity index (χ0n) is 9.67.